The van der Waals surface area contributed by atoms with E-state index in [0.717, 1.165) is 17.6 Å². The molecule has 0 saturated heterocycles. The Morgan fingerprint density at radius 2 is 2.15 bits per heavy atom. The third kappa shape index (κ3) is 3.28. The van der Waals surface area contributed by atoms with E-state index in [1.807, 2.05) is 6.92 Å². The van der Waals surface area contributed by atoms with Crippen molar-refractivity contribution in [2.75, 3.05) is 6.54 Å². The first-order valence-electron chi connectivity index (χ1n) is 7.62. The maximum absolute atomic E-state index is 11.7. The van der Waals surface area contributed by atoms with Crippen LogP contribution < -0.4 is 11.0 Å². The fourth-order valence-corrected chi connectivity index (χ4v) is 4.68. The number of aromatic nitrogens is 3. The van der Waals surface area contributed by atoms with Gasteiger partial charge in [0.2, 0.25) is 0 Å². The molecule has 2 N–H and O–H groups in total. The number of hydrogen-bond donors (Lipinski definition) is 2. The van der Waals surface area contributed by atoms with Crippen LogP contribution in [0.5, 0.6) is 0 Å². The average Bonchev–Trinajstić information content (AvgIpc) is 2.74. The number of hydrogen-bond acceptors (Lipinski definition) is 4. The molecule has 1 aliphatic carbocycles. The largest absolute Gasteiger partial charge is 0.343 e. The molecule has 0 spiro atoms. The fraction of sp³-hybridized carbons (Fsp3) is 0.857. The number of thioether (sulfide) groups is 1. The summed E-state index contributed by atoms with van der Waals surface area (Å²) >= 11 is 1.75. The lowest BCUT2D eigenvalue weighted by Crippen LogP contribution is -2.46. The number of nitrogens with zero attached hydrogens (tertiary/aromatic N) is 2. The molecule has 4 unspecified atom stereocenters. The Labute approximate surface area is 124 Å². The molecular weight excluding hydrogens is 272 g/mol. The van der Waals surface area contributed by atoms with Gasteiger partial charge < -0.3 is 5.32 Å². The van der Waals surface area contributed by atoms with Crippen molar-refractivity contribution in [3.8, 4) is 0 Å². The molecule has 0 bridgehead atoms. The van der Waals surface area contributed by atoms with Crippen LogP contribution in [0.2, 0.25) is 0 Å². The lowest BCUT2D eigenvalue weighted by molar-refractivity contribution is 0.251. The van der Waals surface area contributed by atoms with Gasteiger partial charge in [-0.05, 0) is 38.1 Å². The molecule has 0 aromatic carbocycles. The number of rotatable bonds is 5. The Hall–Kier alpha value is -0.750. The predicted octanol–water partition coefficient (Wildman–Crippen LogP) is 2.10. The van der Waals surface area contributed by atoms with Gasteiger partial charge in [-0.15, -0.1) is 5.10 Å². The molecule has 6 heteroatoms. The van der Waals surface area contributed by atoms with Crippen molar-refractivity contribution in [1.82, 2.24) is 20.1 Å². The topological polar surface area (TPSA) is 62.7 Å². The van der Waals surface area contributed by atoms with Gasteiger partial charge in [0, 0.05) is 17.8 Å². The van der Waals surface area contributed by atoms with E-state index in [2.05, 4.69) is 36.3 Å². The summed E-state index contributed by atoms with van der Waals surface area (Å²) in [5, 5.41) is 11.7. The van der Waals surface area contributed by atoms with Crippen LogP contribution in [0.15, 0.2) is 9.95 Å². The average molecular weight is 298 g/mol. The zero-order chi connectivity index (χ0) is 14.7. The normalized spacial score (nSPS) is 30.6. The van der Waals surface area contributed by atoms with Gasteiger partial charge in [0.15, 0.2) is 5.16 Å². The molecule has 1 aromatic rings. The molecule has 2 rings (SSSR count). The molecule has 1 fully saturated rings. The third-order valence-electron chi connectivity index (χ3n) is 4.14. The number of H-pyrrole nitrogens is 1. The molecule has 1 heterocycles. The Kier molecular flexibility index (Phi) is 5.32. The fourth-order valence-electron chi connectivity index (χ4n) is 3.28. The summed E-state index contributed by atoms with van der Waals surface area (Å²) in [4.78, 5) is 11.7. The first kappa shape index (κ1) is 15.6. The van der Waals surface area contributed by atoms with Crippen molar-refractivity contribution in [2.45, 2.75) is 63.5 Å². The standard InChI is InChI=1S/C14H26N4OS/c1-5-15-11-8-9(3)7-10(4)12(11)20-14-17-16-13(19)18(14)6-2/h9-12,15H,5-8H2,1-4H3,(H,16,19). The monoisotopic (exact) mass is 298 g/mol. The van der Waals surface area contributed by atoms with E-state index in [0.29, 0.717) is 23.8 Å². The zero-order valence-corrected chi connectivity index (χ0v) is 13.7. The second-order valence-corrected chi connectivity index (χ2v) is 7.00. The first-order chi connectivity index (χ1) is 9.56. The van der Waals surface area contributed by atoms with E-state index in [9.17, 15) is 4.79 Å². The Morgan fingerprint density at radius 1 is 1.40 bits per heavy atom. The van der Waals surface area contributed by atoms with E-state index in [-0.39, 0.29) is 5.69 Å². The minimum Gasteiger partial charge on any atom is -0.313 e. The van der Waals surface area contributed by atoms with E-state index in [1.165, 1.54) is 12.8 Å². The zero-order valence-electron chi connectivity index (χ0n) is 12.8. The van der Waals surface area contributed by atoms with E-state index >= 15 is 0 Å². The van der Waals surface area contributed by atoms with Gasteiger partial charge in [0.05, 0.1) is 0 Å². The molecule has 1 saturated carbocycles. The Bertz CT molecular complexity index is 484. The highest BCUT2D eigenvalue weighted by atomic mass is 32.2. The van der Waals surface area contributed by atoms with E-state index in [1.54, 1.807) is 16.3 Å². The number of aromatic amines is 1. The SMILES string of the molecule is CCNC1CC(C)CC(C)C1Sc1n[nH]c(=O)n1CC. The summed E-state index contributed by atoms with van der Waals surface area (Å²) in [5.41, 5.74) is -0.105. The van der Waals surface area contributed by atoms with Gasteiger partial charge >= 0.3 is 5.69 Å². The molecule has 0 aliphatic heterocycles. The summed E-state index contributed by atoms with van der Waals surface area (Å²) in [7, 11) is 0. The highest BCUT2D eigenvalue weighted by Crippen LogP contribution is 2.38. The summed E-state index contributed by atoms with van der Waals surface area (Å²) in [6, 6.07) is 0.501. The van der Waals surface area contributed by atoms with Crippen LogP contribution in [0.25, 0.3) is 0 Å². The highest BCUT2D eigenvalue weighted by Gasteiger charge is 2.35. The molecule has 20 heavy (non-hydrogen) atoms. The molecule has 1 aromatic heterocycles. The van der Waals surface area contributed by atoms with Crippen molar-refractivity contribution < 1.29 is 0 Å². The van der Waals surface area contributed by atoms with Crippen LogP contribution in [0.4, 0.5) is 0 Å². The summed E-state index contributed by atoms with van der Waals surface area (Å²) in [6.45, 7) is 10.4. The highest BCUT2D eigenvalue weighted by molar-refractivity contribution is 7.99. The van der Waals surface area contributed by atoms with Crippen molar-refractivity contribution in [3.05, 3.63) is 10.5 Å². The molecule has 0 amide bonds. The van der Waals surface area contributed by atoms with Crippen molar-refractivity contribution in [1.29, 1.82) is 0 Å². The van der Waals surface area contributed by atoms with E-state index < -0.39 is 0 Å². The minimum absolute atomic E-state index is 0.105. The maximum Gasteiger partial charge on any atom is 0.343 e. The van der Waals surface area contributed by atoms with Gasteiger partial charge in [0.25, 0.3) is 0 Å². The van der Waals surface area contributed by atoms with Crippen LogP contribution in [-0.2, 0) is 6.54 Å². The number of nitrogens with one attached hydrogen (secondary N) is 2. The van der Waals surface area contributed by atoms with Gasteiger partial charge in [-0.1, -0.05) is 32.5 Å². The van der Waals surface area contributed by atoms with Crippen molar-refractivity contribution in [2.24, 2.45) is 11.8 Å². The van der Waals surface area contributed by atoms with Crippen LogP contribution in [-0.4, -0.2) is 32.6 Å². The first-order valence-corrected chi connectivity index (χ1v) is 8.50. The van der Waals surface area contributed by atoms with E-state index in [4.69, 9.17) is 0 Å². The molecule has 0 radical (unpaired) electrons. The van der Waals surface area contributed by atoms with Crippen LogP contribution in [0.1, 0.15) is 40.5 Å². The minimum atomic E-state index is -0.105. The molecule has 5 nitrogen and oxygen atoms in total. The van der Waals surface area contributed by atoms with Crippen LogP contribution >= 0.6 is 11.8 Å². The Morgan fingerprint density at radius 3 is 2.80 bits per heavy atom. The smallest absolute Gasteiger partial charge is 0.313 e. The summed E-state index contributed by atoms with van der Waals surface area (Å²) < 4.78 is 1.72. The molecule has 114 valence electrons. The van der Waals surface area contributed by atoms with Gasteiger partial charge in [0.1, 0.15) is 0 Å². The van der Waals surface area contributed by atoms with Crippen molar-refractivity contribution >= 4 is 11.8 Å². The lowest BCUT2D eigenvalue weighted by atomic mass is 9.80. The third-order valence-corrected chi connectivity index (χ3v) is 5.72. The Balaban J connectivity index is 2.17. The summed E-state index contributed by atoms with van der Waals surface area (Å²) in [6.07, 6.45) is 2.46. The summed E-state index contributed by atoms with van der Waals surface area (Å²) in [5.74, 6) is 1.39. The van der Waals surface area contributed by atoms with Gasteiger partial charge in [-0.2, -0.15) is 0 Å². The van der Waals surface area contributed by atoms with Gasteiger partial charge in [-0.25, -0.2) is 9.89 Å². The van der Waals surface area contributed by atoms with Crippen molar-refractivity contribution in [3.63, 3.8) is 0 Å². The second kappa shape index (κ2) is 6.80. The lowest BCUT2D eigenvalue weighted by Gasteiger charge is -2.39. The second-order valence-electron chi connectivity index (χ2n) is 5.86. The van der Waals surface area contributed by atoms with Crippen LogP contribution in [0, 0.1) is 11.8 Å². The van der Waals surface area contributed by atoms with Gasteiger partial charge in [-0.3, -0.25) is 4.57 Å². The predicted molar refractivity (Wildman–Crippen MR) is 83.2 cm³/mol. The molecule has 1 aliphatic rings. The molecule has 4 atom stereocenters. The maximum atomic E-state index is 11.7. The quantitative estimate of drug-likeness (QED) is 0.874. The molecular formula is C14H26N4OS. The van der Waals surface area contributed by atoms with Crippen LogP contribution in [0.3, 0.4) is 0 Å².